The summed E-state index contributed by atoms with van der Waals surface area (Å²) in [6, 6.07) is 3.01. The van der Waals surface area contributed by atoms with E-state index in [1.54, 1.807) is 0 Å². The van der Waals surface area contributed by atoms with Crippen molar-refractivity contribution in [3.8, 4) is 11.3 Å². The van der Waals surface area contributed by atoms with Crippen molar-refractivity contribution in [1.82, 2.24) is 9.78 Å². The molecule has 2 rings (SSSR count). The number of halogens is 2. The molecular formula is C11H11F2N3O2S. The van der Waals surface area contributed by atoms with Crippen molar-refractivity contribution in [1.29, 1.82) is 0 Å². The third-order valence-electron chi connectivity index (χ3n) is 2.62. The first-order valence-electron chi connectivity index (χ1n) is 5.19. The number of nitrogens with two attached hydrogens (primary N) is 1. The molecule has 0 aliphatic carbocycles. The summed E-state index contributed by atoms with van der Waals surface area (Å²) in [5.41, 5.74) is 5.38. The molecule has 8 heteroatoms. The number of aryl methyl sites for hydroxylation is 1. The van der Waals surface area contributed by atoms with Crippen LogP contribution in [0.1, 0.15) is 0 Å². The Kier molecular flexibility index (Phi) is 3.05. The van der Waals surface area contributed by atoms with Gasteiger partial charge in [0, 0.05) is 24.9 Å². The normalized spacial score (nSPS) is 11.8. The maximum atomic E-state index is 13.7. The van der Waals surface area contributed by atoms with E-state index >= 15 is 0 Å². The molecule has 0 saturated carbocycles. The first kappa shape index (κ1) is 13.5. The molecule has 0 aliphatic rings. The molecule has 2 aromatic rings. The fourth-order valence-electron chi connectivity index (χ4n) is 1.58. The largest absolute Gasteiger partial charge is 0.384 e. The zero-order valence-corrected chi connectivity index (χ0v) is 11.0. The lowest BCUT2D eigenvalue weighted by molar-refractivity contribution is 0.507. The summed E-state index contributed by atoms with van der Waals surface area (Å²) >= 11 is 0. The summed E-state index contributed by atoms with van der Waals surface area (Å²) in [5.74, 6) is -2.16. The topological polar surface area (TPSA) is 78.0 Å². The van der Waals surface area contributed by atoms with Crippen LogP contribution in [-0.2, 0) is 16.9 Å². The van der Waals surface area contributed by atoms with Crippen molar-refractivity contribution in [2.75, 3.05) is 12.0 Å². The van der Waals surface area contributed by atoms with Gasteiger partial charge in [0.1, 0.15) is 5.82 Å². The van der Waals surface area contributed by atoms with Crippen LogP contribution < -0.4 is 5.73 Å². The van der Waals surface area contributed by atoms with Crippen LogP contribution in [0.3, 0.4) is 0 Å². The fourth-order valence-corrected chi connectivity index (χ4v) is 2.23. The Hall–Kier alpha value is -1.96. The van der Waals surface area contributed by atoms with Gasteiger partial charge in [0.15, 0.2) is 21.5 Å². The standard InChI is InChI=1S/C11H11F2N3O2S/c1-16-10(14)5-9(15-16)7-3-6(19(2,17)18)4-8(12)11(7)13/h3-5H,14H2,1-2H3. The van der Waals surface area contributed by atoms with E-state index in [1.165, 1.54) is 17.8 Å². The van der Waals surface area contributed by atoms with Crippen molar-refractivity contribution < 1.29 is 17.2 Å². The molecule has 1 aromatic heterocycles. The second kappa shape index (κ2) is 4.30. The number of sulfone groups is 1. The first-order valence-corrected chi connectivity index (χ1v) is 7.08. The lowest BCUT2D eigenvalue weighted by Crippen LogP contribution is -2.01. The van der Waals surface area contributed by atoms with Gasteiger partial charge in [0.25, 0.3) is 0 Å². The molecule has 1 aromatic carbocycles. The van der Waals surface area contributed by atoms with Crippen LogP contribution in [0.5, 0.6) is 0 Å². The van der Waals surface area contributed by atoms with Gasteiger partial charge in [-0.3, -0.25) is 4.68 Å². The molecule has 1 heterocycles. The molecule has 0 fully saturated rings. The van der Waals surface area contributed by atoms with E-state index in [-0.39, 0.29) is 22.0 Å². The Morgan fingerprint density at radius 3 is 2.37 bits per heavy atom. The minimum Gasteiger partial charge on any atom is -0.384 e. The SMILES string of the molecule is Cn1nc(-c2cc(S(C)(=O)=O)cc(F)c2F)cc1N. The number of nitrogen functional groups attached to an aromatic ring is 1. The summed E-state index contributed by atoms with van der Waals surface area (Å²) in [5, 5.41) is 3.90. The lowest BCUT2D eigenvalue weighted by Gasteiger charge is -2.04. The summed E-state index contributed by atoms with van der Waals surface area (Å²) in [6.45, 7) is 0. The van der Waals surface area contributed by atoms with Crippen molar-refractivity contribution in [3.63, 3.8) is 0 Å². The number of anilines is 1. The molecule has 0 atom stereocenters. The van der Waals surface area contributed by atoms with Crippen LogP contribution in [0.4, 0.5) is 14.6 Å². The average Bonchev–Trinajstić information content (AvgIpc) is 2.61. The molecule has 5 nitrogen and oxygen atoms in total. The van der Waals surface area contributed by atoms with E-state index in [0.29, 0.717) is 6.07 Å². The van der Waals surface area contributed by atoms with Gasteiger partial charge in [0.05, 0.1) is 10.6 Å². The molecular weight excluding hydrogens is 276 g/mol. The Morgan fingerprint density at radius 1 is 1.26 bits per heavy atom. The highest BCUT2D eigenvalue weighted by atomic mass is 32.2. The number of aromatic nitrogens is 2. The highest BCUT2D eigenvalue weighted by Crippen LogP contribution is 2.28. The predicted octanol–water partition coefficient (Wildman–Crippen LogP) is 1.35. The molecule has 0 saturated heterocycles. The van der Waals surface area contributed by atoms with E-state index in [4.69, 9.17) is 5.73 Å². The van der Waals surface area contributed by atoms with E-state index in [0.717, 1.165) is 12.3 Å². The minimum absolute atomic E-state index is 0.0712. The van der Waals surface area contributed by atoms with Crippen LogP contribution >= 0.6 is 0 Å². The number of nitrogens with zero attached hydrogens (tertiary/aromatic N) is 2. The molecule has 0 aliphatic heterocycles. The van der Waals surface area contributed by atoms with Crippen LogP contribution in [0.25, 0.3) is 11.3 Å². The minimum atomic E-state index is -3.65. The summed E-state index contributed by atoms with van der Waals surface area (Å²) in [4.78, 5) is -0.314. The van der Waals surface area contributed by atoms with E-state index < -0.39 is 21.5 Å². The zero-order valence-electron chi connectivity index (χ0n) is 10.2. The van der Waals surface area contributed by atoms with E-state index in [2.05, 4.69) is 5.10 Å². The Balaban J connectivity index is 2.73. The highest BCUT2D eigenvalue weighted by Gasteiger charge is 2.19. The second-order valence-corrected chi connectivity index (χ2v) is 6.13. The smallest absolute Gasteiger partial charge is 0.175 e. The van der Waals surface area contributed by atoms with Gasteiger partial charge in [-0.15, -0.1) is 0 Å². The molecule has 0 spiro atoms. The van der Waals surface area contributed by atoms with Gasteiger partial charge in [-0.25, -0.2) is 17.2 Å². The maximum absolute atomic E-state index is 13.7. The number of rotatable bonds is 2. The second-order valence-electron chi connectivity index (χ2n) is 4.12. The number of hydrogen-bond acceptors (Lipinski definition) is 4. The van der Waals surface area contributed by atoms with Gasteiger partial charge in [-0.05, 0) is 12.1 Å². The van der Waals surface area contributed by atoms with E-state index in [1.807, 2.05) is 0 Å². The Labute approximate surface area is 108 Å². The van der Waals surface area contributed by atoms with Crippen LogP contribution in [-0.4, -0.2) is 24.5 Å². The Morgan fingerprint density at radius 2 is 1.89 bits per heavy atom. The van der Waals surface area contributed by atoms with Crippen LogP contribution in [0.15, 0.2) is 23.1 Å². The molecule has 0 radical (unpaired) electrons. The van der Waals surface area contributed by atoms with Crippen molar-refractivity contribution >= 4 is 15.7 Å². The quantitative estimate of drug-likeness (QED) is 0.846. The van der Waals surface area contributed by atoms with Crippen molar-refractivity contribution in [2.24, 2.45) is 7.05 Å². The average molecular weight is 287 g/mol. The molecule has 102 valence electrons. The third-order valence-corrected chi connectivity index (χ3v) is 3.71. The predicted molar refractivity (Wildman–Crippen MR) is 66.1 cm³/mol. The zero-order chi connectivity index (χ0) is 14.4. The first-order chi connectivity index (χ1) is 8.70. The lowest BCUT2D eigenvalue weighted by atomic mass is 10.1. The number of benzene rings is 1. The third kappa shape index (κ3) is 2.43. The van der Waals surface area contributed by atoms with E-state index in [9.17, 15) is 17.2 Å². The fraction of sp³-hybridized carbons (Fsp3) is 0.182. The monoisotopic (exact) mass is 287 g/mol. The van der Waals surface area contributed by atoms with Crippen LogP contribution in [0, 0.1) is 11.6 Å². The van der Waals surface area contributed by atoms with Crippen molar-refractivity contribution in [3.05, 3.63) is 29.8 Å². The highest BCUT2D eigenvalue weighted by molar-refractivity contribution is 7.90. The van der Waals surface area contributed by atoms with Crippen molar-refractivity contribution in [2.45, 2.75) is 4.90 Å². The van der Waals surface area contributed by atoms with Gasteiger partial charge < -0.3 is 5.73 Å². The summed E-state index contributed by atoms with van der Waals surface area (Å²) in [7, 11) is -2.11. The molecule has 2 N–H and O–H groups in total. The maximum Gasteiger partial charge on any atom is 0.175 e. The molecule has 0 unspecified atom stereocenters. The van der Waals surface area contributed by atoms with Gasteiger partial charge in [-0.1, -0.05) is 0 Å². The Bertz CT molecular complexity index is 734. The van der Waals surface area contributed by atoms with Gasteiger partial charge in [-0.2, -0.15) is 5.10 Å². The number of hydrogen-bond donors (Lipinski definition) is 1. The van der Waals surface area contributed by atoms with Gasteiger partial charge in [0.2, 0.25) is 0 Å². The molecule has 19 heavy (non-hydrogen) atoms. The molecule has 0 bridgehead atoms. The summed E-state index contributed by atoms with van der Waals surface area (Å²) in [6.07, 6.45) is 0.913. The van der Waals surface area contributed by atoms with Gasteiger partial charge >= 0.3 is 0 Å². The van der Waals surface area contributed by atoms with Crippen LogP contribution in [0.2, 0.25) is 0 Å². The summed E-state index contributed by atoms with van der Waals surface area (Å²) < 4.78 is 51.3. The molecule has 0 amide bonds.